The summed E-state index contributed by atoms with van der Waals surface area (Å²) in [5.41, 5.74) is 2.22. The summed E-state index contributed by atoms with van der Waals surface area (Å²) in [4.78, 5) is 8.70. The minimum absolute atomic E-state index is 0.0719. The smallest absolute Gasteiger partial charge is 0.211 e. The van der Waals surface area contributed by atoms with E-state index in [1.165, 1.54) is 5.56 Å². The van der Waals surface area contributed by atoms with Crippen LogP contribution in [0.2, 0.25) is 0 Å². The largest absolute Gasteiger partial charge is 0.444 e. The molecule has 3 rings (SSSR count). The van der Waals surface area contributed by atoms with Gasteiger partial charge >= 0.3 is 0 Å². The number of aromatic nitrogens is 2. The number of aryl methyl sites for hydroxylation is 1. The number of pyridine rings is 1. The van der Waals surface area contributed by atoms with Gasteiger partial charge in [0.15, 0.2) is 0 Å². The summed E-state index contributed by atoms with van der Waals surface area (Å²) < 4.78 is 5.53. The van der Waals surface area contributed by atoms with Crippen LogP contribution in [-0.4, -0.2) is 9.97 Å². The Bertz CT molecular complexity index is 715. The topological polar surface area (TPSA) is 51.0 Å². The molecule has 0 fully saturated rings. The van der Waals surface area contributed by atoms with E-state index in [0.717, 1.165) is 29.1 Å². The van der Waals surface area contributed by atoms with Crippen molar-refractivity contribution in [3.63, 3.8) is 0 Å². The fraction of sp³-hybridized carbons (Fsp3) is 0.250. The maximum atomic E-state index is 5.53. The number of rotatable bonds is 4. The lowest BCUT2D eigenvalue weighted by atomic mass is 10.1. The second-order valence-electron chi connectivity index (χ2n) is 4.90. The van der Waals surface area contributed by atoms with Crippen molar-refractivity contribution in [1.82, 2.24) is 15.3 Å². The number of para-hydroxylation sites is 1. The third kappa shape index (κ3) is 2.56. The average Bonchev–Trinajstić information content (AvgIpc) is 2.91. The van der Waals surface area contributed by atoms with Crippen LogP contribution >= 0.6 is 0 Å². The molecular formula is C16H17N3O. The van der Waals surface area contributed by atoms with Crippen molar-refractivity contribution >= 4 is 10.9 Å². The van der Waals surface area contributed by atoms with Crippen molar-refractivity contribution in [2.24, 2.45) is 0 Å². The van der Waals surface area contributed by atoms with Gasteiger partial charge in [0.2, 0.25) is 5.89 Å². The molecule has 1 aromatic carbocycles. The first kappa shape index (κ1) is 12.8. The second kappa shape index (κ2) is 5.43. The SMILES string of the molecule is Cc1cnc(C(C)NCc2cccc3cccnc23)o1. The lowest BCUT2D eigenvalue weighted by molar-refractivity contribution is 0.402. The Kier molecular flexibility index (Phi) is 3.48. The molecule has 3 aromatic rings. The van der Waals surface area contributed by atoms with E-state index in [9.17, 15) is 0 Å². The van der Waals surface area contributed by atoms with Crippen LogP contribution in [0.5, 0.6) is 0 Å². The number of nitrogens with one attached hydrogen (secondary N) is 1. The molecule has 0 spiro atoms. The molecule has 4 heteroatoms. The molecule has 0 saturated carbocycles. The Labute approximate surface area is 117 Å². The van der Waals surface area contributed by atoms with Gasteiger partial charge in [-0.15, -0.1) is 0 Å². The highest BCUT2D eigenvalue weighted by molar-refractivity contribution is 5.81. The zero-order valence-electron chi connectivity index (χ0n) is 11.6. The first-order valence-corrected chi connectivity index (χ1v) is 6.72. The molecule has 0 aliphatic heterocycles. The number of fused-ring (bicyclic) bond motifs is 1. The number of hydrogen-bond donors (Lipinski definition) is 1. The van der Waals surface area contributed by atoms with E-state index < -0.39 is 0 Å². The lowest BCUT2D eigenvalue weighted by Gasteiger charge is -2.11. The molecule has 2 heterocycles. The molecule has 0 radical (unpaired) electrons. The zero-order valence-corrected chi connectivity index (χ0v) is 11.6. The van der Waals surface area contributed by atoms with Crippen molar-refractivity contribution in [2.75, 3.05) is 0 Å². The summed E-state index contributed by atoms with van der Waals surface area (Å²) >= 11 is 0. The van der Waals surface area contributed by atoms with E-state index in [1.807, 2.05) is 26.1 Å². The van der Waals surface area contributed by atoms with Crippen LogP contribution in [0.1, 0.15) is 30.2 Å². The van der Waals surface area contributed by atoms with Crippen LogP contribution < -0.4 is 5.32 Å². The Morgan fingerprint density at radius 2 is 2.05 bits per heavy atom. The maximum absolute atomic E-state index is 5.53. The average molecular weight is 267 g/mol. The molecule has 1 atom stereocenters. The molecule has 0 saturated heterocycles. The minimum Gasteiger partial charge on any atom is -0.444 e. The van der Waals surface area contributed by atoms with Crippen LogP contribution in [0.3, 0.4) is 0 Å². The maximum Gasteiger partial charge on any atom is 0.211 e. The van der Waals surface area contributed by atoms with Crippen LogP contribution in [0.15, 0.2) is 47.1 Å². The molecule has 2 aromatic heterocycles. The van der Waals surface area contributed by atoms with E-state index >= 15 is 0 Å². The molecule has 20 heavy (non-hydrogen) atoms. The van der Waals surface area contributed by atoms with Gasteiger partial charge in [-0.25, -0.2) is 4.98 Å². The fourth-order valence-electron chi connectivity index (χ4n) is 2.23. The molecule has 102 valence electrons. The van der Waals surface area contributed by atoms with Gasteiger partial charge in [0.25, 0.3) is 0 Å². The van der Waals surface area contributed by atoms with Crippen molar-refractivity contribution in [3.05, 3.63) is 59.9 Å². The minimum atomic E-state index is 0.0719. The Balaban J connectivity index is 1.77. The first-order chi connectivity index (χ1) is 9.74. The number of nitrogens with zero attached hydrogens (tertiary/aromatic N) is 2. The summed E-state index contributed by atoms with van der Waals surface area (Å²) in [6.45, 7) is 4.68. The van der Waals surface area contributed by atoms with Gasteiger partial charge < -0.3 is 9.73 Å². The van der Waals surface area contributed by atoms with Crippen LogP contribution in [0, 0.1) is 6.92 Å². The molecule has 0 amide bonds. The van der Waals surface area contributed by atoms with Gasteiger partial charge in [0.1, 0.15) is 5.76 Å². The van der Waals surface area contributed by atoms with Crippen LogP contribution in [0.4, 0.5) is 0 Å². The summed E-state index contributed by atoms with van der Waals surface area (Å²) in [7, 11) is 0. The Hall–Kier alpha value is -2.20. The Morgan fingerprint density at radius 3 is 2.85 bits per heavy atom. The van der Waals surface area contributed by atoms with Gasteiger partial charge in [-0.1, -0.05) is 24.3 Å². The summed E-state index contributed by atoms with van der Waals surface area (Å²) in [5.74, 6) is 1.55. The summed E-state index contributed by atoms with van der Waals surface area (Å²) in [5, 5.41) is 4.58. The van der Waals surface area contributed by atoms with E-state index in [0.29, 0.717) is 0 Å². The van der Waals surface area contributed by atoms with Gasteiger partial charge in [-0.3, -0.25) is 4.98 Å². The molecule has 0 bridgehead atoms. The summed E-state index contributed by atoms with van der Waals surface area (Å²) in [6.07, 6.45) is 3.57. The van der Waals surface area contributed by atoms with E-state index in [1.54, 1.807) is 6.20 Å². The number of oxazole rings is 1. The van der Waals surface area contributed by atoms with Crippen molar-refractivity contribution < 1.29 is 4.42 Å². The first-order valence-electron chi connectivity index (χ1n) is 6.72. The fourth-order valence-corrected chi connectivity index (χ4v) is 2.23. The standard InChI is InChI=1S/C16H17N3O/c1-11-9-19-16(20-11)12(2)18-10-14-6-3-5-13-7-4-8-17-15(13)14/h3-9,12,18H,10H2,1-2H3. The normalized spacial score (nSPS) is 12.7. The molecule has 4 nitrogen and oxygen atoms in total. The molecule has 0 aliphatic carbocycles. The monoisotopic (exact) mass is 267 g/mol. The van der Waals surface area contributed by atoms with E-state index in [2.05, 4.69) is 39.6 Å². The molecular weight excluding hydrogens is 250 g/mol. The van der Waals surface area contributed by atoms with Crippen molar-refractivity contribution in [3.8, 4) is 0 Å². The van der Waals surface area contributed by atoms with Crippen LogP contribution in [0.25, 0.3) is 10.9 Å². The lowest BCUT2D eigenvalue weighted by Crippen LogP contribution is -2.18. The van der Waals surface area contributed by atoms with Gasteiger partial charge in [-0.2, -0.15) is 0 Å². The quantitative estimate of drug-likeness (QED) is 0.787. The molecule has 0 aliphatic rings. The Morgan fingerprint density at radius 1 is 1.20 bits per heavy atom. The predicted octanol–water partition coefficient (Wildman–Crippen LogP) is 3.38. The molecule has 1 unspecified atom stereocenters. The number of benzene rings is 1. The molecule has 1 N–H and O–H groups in total. The zero-order chi connectivity index (χ0) is 13.9. The van der Waals surface area contributed by atoms with Gasteiger partial charge in [-0.05, 0) is 25.5 Å². The summed E-state index contributed by atoms with van der Waals surface area (Å²) in [6, 6.07) is 10.3. The van der Waals surface area contributed by atoms with Crippen molar-refractivity contribution in [1.29, 1.82) is 0 Å². The van der Waals surface area contributed by atoms with E-state index in [4.69, 9.17) is 4.42 Å². The third-order valence-corrected chi connectivity index (χ3v) is 3.32. The highest BCUT2D eigenvalue weighted by Gasteiger charge is 2.11. The van der Waals surface area contributed by atoms with Crippen LogP contribution in [-0.2, 0) is 6.54 Å². The highest BCUT2D eigenvalue weighted by Crippen LogP contribution is 2.18. The predicted molar refractivity (Wildman–Crippen MR) is 78.2 cm³/mol. The van der Waals surface area contributed by atoms with Gasteiger partial charge in [0.05, 0.1) is 17.8 Å². The highest BCUT2D eigenvalue weighted by atomic mass is 16.4. The van der Waals surface area contributed by atoms with Gasteiger partial charge in [0, 0.05) is 18.1 Å². The number of hydrogen-bond acceptors (Lipinski definition) is 4. The third-order valence-electron chi connectivity index (χ3n) is 3.32. The van der Waals surface area contributed by atoms with Crippen molar-refractivity contribution in [2.45, 2.75) is 26.4 Å². The van der Waals surface area contributed by atoms with E-state index in [-0.39, 0.29) is 6.04 Å². The second-order valence-corrected chi connectivity index (χ2v) is 4.90.